The summed E-state index contributed by atoms with van der Waals surface area (Å²) in [6.07, 6.45) is 0.911. The van der Waals surface area contributed by atoms with E-state index in [1.54, 1.807) is 0 Å². The summed E-state index contributed by atoms with van der Waals surface area (Å²) in [5.41, 5.74) is -1.40. The van der Waals surface area contributed by atoms with Crippen LogP contribution in [-0.4, -0.2) is 22.5 Å². The summed E-state index contributed by atoms with van der Waals surface area (Å²) in [6, 6.07) is 3.97. The van der Waals surface area contributed by atoms with Crippen molar-refractivity contribution in [2.24, 2.45) is 0 Å². The van der Waals surface area contributed by atoms with Crippen LogP contribution in [0.1, 0.15) is 0 Å². The zero-order valence-corrected chi connectivity index (χ0v) is 12.3. The van der Waals surface area contributed by atoms with Gasteiger partial charge in [0, 0.05) is 12.1 Å². The van der Waals surface area contributed by atoms with E-state index in [1.807, 2.05) is 0 Å². The summed E-state index contributed by atoms with van der Waals surface area (Å²) in [7, 11) is -4.32. The zero-order chi connectivity index (χ0) is 15.8. The number of rotatable bonds is 3. The number of nitrogens with zero attached hydrogens (tertiary/aromatic N) is 3. The van der Waals surface area contributed by atoms with Crippen LogP contribution >= 0.6 is 23.2 Å². The third-order valence-corrected chi connectivity index (χ3v) is 4.75. The van der Waals surface area contributed by atoms with E-state index in [9.17, 15) is 23.3 Å². The second-order valence-corrected chi connectivity index (χ2v) is 6.26. The molecule has 2 rings (SSSR count). The minimum atomic E-state index is -4.32. The van der Waals surface area contributed by atoms with Crippen LogP contribution in [-0.2, 0) is 10.0 Å². The number of non-ortho nitro benzene ring substituents is 1. The Balaban J connectivity index is 2.60. The Morgan fingerprint density at radius 2 is 1.76 bits per heavy atom. The Bertz CT molecular complexity index is 877. The lowest BCUT2D eigenvalue weighted by Gasteiger charge is -2.06. The first-order valence-electron chi connectivity index (χ1n) is 5.18. The van der Waals surface area contributed by atoms with E-state index in [1.165, 1.54) is 0 Å². The van der Waals surface area contributed by atoms with Crippen LogP contribution < -0.4 is 5.56 Å². The van der Waals surface area contributed by atoms with E-state index in [-0.39, 0.29) is 19.7 Å². The lowest BCUT2D eigenvalue weighted by molar-refractivity contribution is -0.384. The number of hydrogen-bond acceptors (Lipinski definition) is 6. The first kappa shape index (κ1) is 15.4. The highest BCUT2D eigenvalue weighted by Gasteiger charge is 2.22. The molecule has 2 aromatic rings. The predicted molar refractivity (Wildman–Crippen MR) is 74.2 cm³/mol. The van der Waals surface area contributed by atoms with E-state index in [0.717, 1.165) is 30.5 Å². The SMILES string of the molecule is O=c1c(Cl)c(Cl)cnn1S(=O)(=O)c1ccc([N+](=O)[O-])cc1. The van der Waals surface area contributed by atoms with Crippen LogP contribution in [0.5, 0.6) is 0 Å². The van der Waals surface area contributed by atoms with Gasteiger partial charge in [0.1, 0.15) is 5.02 Å². The lowest BCUT2D eigenvalue weighted by atomic mass is 10.3. The predicted octanol–water partition coefficient (Wildman–Crippen LogP) is 1.70. The monoisotopic (exact) mass is 349 g/mol. The number of nitro groups is 1. The highest BCUT2D eigenvalue weighted by molar-refractivity contribution is 7.89. The summed E-state index contributed by atoms with van der Waals surface area (Å²) < 4.78 is 24.6. The quantitative estimate of drug-likeness (QED) is 0.615. The average molecular weight is 350 g/mol. The molecular formula is C10H5Cl2N3O5S. The Kier molecular flexibility index (Phi) is 3.99. The van der Waals surface area contributed by atoms with Crippen molar-refractivity contribution in [3.8, 4) is 0 Å². The molecular weight excluding hydrogens is 345 g/mol. The minimum Gasteiger partial charge on any atom is -0.265 e. The van der Waals surface area contributed by atoms with Gasteiger partial charge in [-0.3, -0.25) is 14.9 Å². The second-order valence-electron chi connectivity index (χ2n) is 3.71. The van der Waals surface area contributed by atoms with Crippen molar-refractivity contribution in [1.82, 2.24) is 9.19 Å². The summed E-state index contributed by atoms with van der Waals surface area (Å²) >= 11 is 11.1. The van der Waals surface area contributed by atoms with Crippen LogP contribution in [0.15, 0.2) is 40.2 Å². The molecule has 0 aliphatic rings. The molecule has 0 saturated heterocycles. The van der Waals surface area contributed by atoms with Crippen LogP contribution in [0.2, 0.25) is 10.0 Å². The molecule has 0 amide bonds. The Morgan fingerprint density at radius 1 is 1.19 bits per heavy atom. The number of hydrogen-bond donors (Lipinski definition) is 0. The van der Waals surface area contributed by atoms with Gasteiger partial charge in [-0.05, 0) is 12.1 Å². The molecule has 0 unspecified atom stereocenters. The molecule has 0 aliphatic heterocycles. The van der Waals surface area contributed by atoms with E-state index in [2.05, 4.69) is 5.10 Å². The van der Waals surface area contributed by atoms with Gasteiger partial charge in [0.15, 0.2) is 0 Å². The summed E-state index contributed by atoms with van der Waals surface area (Å²) in [5, 5.41) is 13.3. The van der Waals surface area contributed by atoms with E-state index in [0.29, 0.717) is 0 Å². The van der Waals surface area contributed by atoms with Crippen molar-refractivity contribution >= 4 is 38.9 Å². The maximum Gasteiger partial charge on any atom is 0.301 e. The summed E-state index contributed by atoms with van der Waals surface area (Å²) in [6.45, 7) is 0. The van der Waals surface area contributed by atoms with Gasteiger partial charge >= 0.3 is 5.56 Å². The van der Waals surface area contributed by atoms with Crippen molar-refractivity contribution in [1.29, 1.82) is 0 Å². The van der Waals surface area contributed by atoms with Crippen LogP contribution in [0.25, 0.3) is 0 Å². The molecule has 110 valence electrons. The van der Waals surface area contributed by atoms with Gasteiger partial charge in [-0.25, -0.2) is 0 Å². The number of benzene rings is 1. The lowest BCUT2D eigenvalue weighted by Crippen LogP contribution is -2.30. The summed E-state index contributed by atoms with van der Waals surface area (Å²) in [4.78, 5) is 21.3. The molecule has 0 spiro atoms. The molecule has 1 aromatic heterocycles. The van der Waals surface area contributed by atoms with Crippen LogP contribution in [0.3, 0.4) is 0 Å². The van der Waals surface area contributed by atoms with Crippen molar-refractivity contribution in [2.45, 2.75) is 4.90 Å². The molecule has 0 bridgehead atoms. The van der Waals surface area contributed by atoms with E-state index in [4.69, 9.17) is 23.2 Å². The fraction of sp³-hybridized carbons (Fsp3) is 0. The number of nitro benzene ring substituents is 1. The van der Waals surface area contributed by atoms with Crippen LogP contribution in [0, 0.1) is 10.1 Å². The van der Waals surface area contributed by atoms with Gasteiger partial charge in [-0.15, -0.1) is 4.09 Å². The van der Waals surface area contributed by atoms with Gasteiger partial charge in [0.2, 0.25) is 0 Å². The molecule has 0 N–H and O–H groups in total. The van der Waals surface area contributed by atoms with E-state index >= 15 is 0 Å². The summed E-state index contributed by atoms with van der Waals surface area (Å²) in [5.74, 6) is 0. The molecule has 0 saturated carbocycles. The van der Waals surface area contributed by atoms with Gasteiger partial charge in [-0.1, -0.05) is 23.2 Å². The number of halogens is 2. The van der Waals surface area contributed by atoms with Crippen molar-refractivity contribution in [3.05, 3.63) is 61.0 Å². The zero-order valence-electron chi connectivity index (χ0n) is 9.93. The highest BCUT2D eigenvalue weighted by Crippen LogP contribution is 2.19. The Morgan fingerprint density at radius 3 is 2.29 bits per heavy atom. The molecule has 0 aliphatic carbocycles. The molecule has 0 atom stereocenters. The smallest absolute Gasteiger partial charge is 0.265 e. The second kappa shape index (κ2) is 5.43. The van der Waals surface area contributed by atoms with E-state index < -0.39 is 25.5 Å². The van der Waals surface area contributed by atoms with Crippen molar-refractivity contribution in [2.75, 3.05) is 0 Å². The molecule has 0 fully saturated rings. The number of aromatic nitrogens is 2. The fourth-order valence-corrected chi connectivity index (χ4v) is 2.87. The van der Waals surface area contributed by atoms with Crippen molar-refractivity contribution in [3.63, 3.8) is 0 Å². The first-order chi connectivity index (χ1) is 9.75. The molecule has 1 aromatic carbocycles. The molecule has 8 nitrogen and oxygen atoms in total. The molecule has 0 radical (unpaired) electrons. The molecule has 21 heavy (non-hydrogen) atoms. The Hall–Kier alpha value is -1.97. The minimum absolute atomic E-state index is 0.169. The largest absolute Gasteiger partial charge is 0.301 e. The molecule has 1 heterocycles. The van der Waals surface area contributed by atoms with Gasteiger partial charge < -0.3 is 0 Å². The third kappa shape index (κ3) is 2.75. The third-order valence-electron chi connectivity index (χ3n) is 2.42. The van der Waals surface area contributed by atoms with Gasteiger partial charge in [-0.2, -0.15) is 13.5 Å². The fourth-order valence-electron chi connectivity index (χ4n) is 1.41. The van der Waals surface area contributed by atoms with Crippen LogP contribution in [0.4, 0.5) is 5.69 Å². The maximum atomic E-state index is 12.2. The average Bonchev–Trinajstić information content (AvgIpc) is 2.44. The molecule has 11 heteroatoms. The van der Waals surface area contributed by atoms with Crippen molar-refractivity contribution < 1.29 is 13.3 Å². The highest BCUT2D eigenvalue weighted by atomic mass is 35.5. The van der Waals surface area contributed by atoms with Gasteiger partial charge in [0.05, 0.1) is 21.0 Å². The normalized spacial score (nSPS) is 11.3. The first-order valence-corrected chi connectivity index (χ1v) is 7.38. The Labute approximate surface area is 127 Å². The van der Waals surface area contributed by atoms with Gasteiger partial charge in [0.25, 0.3) is 15.7 Å². The standard InChI is InChI=1S/C10H5Cl2N3O5S/c11-8-5-13-14(10(16)9(8)12)21(19,20)7-3-1-6(2-4-7)15(17)18/h1-5H. The maximum absolute atomic E-state index is 12.2. The topological polar surface area (TPSA) is 112 Å².